The van der Waals surface area contributed by atoms with Gasteiger partial charge in [-0.2, -0.15) is 0 Å². The van der Waals surface area contributed by atoms with Crippen LogP contribution in [-0.4, -0.2) is 53.7 Å². The molecule has 208 valence electrons. The van der Waals surface area contributed by atoms with E-state index in [1.165, 1.54) is 0 Å². The SMILES string of the molecule is C/C=C1/C(=NC2CCC(NC(=O)OC(C)(C)C)CC2)C(C(N)=Nc2c(C)cccc2C)=CNN1C(C)OC. The molecular weight excluding hydrogens is 480 g/mol. The van der Waals surface area contributed by atoms with E-state index in [9.17, 15) is 4.79 Å². The number of alkyl carbamates (subject to hydrolysis) is 1. The van der Waals surface area contributed by atoms with Crippen molar-refractivity contribution in [3.8, 4) is 0 Å². The first-order valence-corrected chi connectivity index (χ1v) is 13.4. The van der Waals surface area contributed by atoms with Crippen molar-refractivity contribution in [1.29, 1.82) is 0 Å². The number of nitrogens with zero attached hydrogens (tertiary/aromatic N) is 3. The van der Waals surface area contributed by atoms with E-state index in [2.05, 4.69) is 10.7 Å². The second-order valence-corrected chi connectivity index (χ2v) is 10.9. The summed E-state index contributed by atoms with van der Waals surface area (Å²) in [6.45, 7) is 13.6. The van der Waals surface area contributed by atoms with E-state index in [-0.39, 0.29) is 24.4 Å². The summed E-state index contributed by atoms with van der Waals surface area (Å²) in [6.07, 6.45) is 6.60. The molecule has 4 N–H and O–H groups in total. The van der Waals surface area contributed by atoms with Gasteiger partial charge in [0, 0.05) is 19.4 Å². The van der Waals surface area contributed by atoms with Gasteiger partial charge in [-0.3, -0.25) is 10.0 Å². The van der Waals surface area contributed by atoms with Gasteiger partial charge in [-0.25, -0.2) is 9.79 Å². The Morgan fingerprint density at radius 3 is 2.39 bits per heavy atom. The zero-order valence-corrected chi connectivity index (χ0v) is 24.1. The van der Waals surface area contributed by atoms with Gasteiger partial charge in [-0.15, -0.1) is 0 Å². The molecule has 1 fully saturated rings. The number of methoxy groups -OCH3 is 1. The number of nitrogens with two attached hydrogens (primary N) is 1. The van der Waals surface area contributed by atoms with E-state index in [0.717, 1.165) is 59.5 Å². The number of para-hydroxylation sites is 1. The third-order valence-corrected chi connectivity index (χ3v) is 6.76. The predicted octanol–water partition coefficient (Wildman–Crippen LogP) is 5.17. The van der Waals surface area contributed by atoms with E-state index < -0.39 is 5.60 Å². The van der Waals surface area contributed by atoms with E-state index in [1.807, 2.05) is 84.0 Å². The van der Waals surface area contributed by atoms with Crippen LogP contribution in [0.15, 0.2) is 51.7 Å². The Kier molecular flexibility index (Phi) is 9.60. The number of carbonyl (C=O) groups is 1. The van der Waals surface area contributed by atoms with Gasteiger partial charge in [0.15, 0.2) is 0 Å². The number of carbonyl (C=O) groups excluding carboxylic acids is 1. The molecular formula is C29H44N6O3. The highest BCUT2D eigenvalue weighted by Crippen LogP contribution is 2.28. The molecule has 1 unspecified atom stereocenters. The van der Waals surface area contributed by atoms with Crippen molar-refractivity contribution in [2.24, 2.45) is 15.7 Å². The number of hydrogen-bond donors (Lipinski definition) is 3. The van der Waals surface area contributed by atoms with E-state index in [1.54, 1.807) is 7.11 Å². The van der Waals surface area contributed by atoms with Crippen molar-refractivity contribution in [3.05, 3.63) is 52.9 Å². The highest BCUT2D eigenvalue weighted by molar-refractivity contribution is 6.29. The summed E-state index contributed by atoms with van der Waals surface area (Å²) in [6, 6.07) is 6.25. The van der Waals surface area contributed by atoms with Crippen molar-refractivity contribution in [2.45, 2.75) is 98.1 Å². The van der Waals surface area contributed by atoms with Crippen molar-refractivity contribution in [3.63, 3.8) is 0 Å². The number of aryl methyl sites for hydroxylation is 2. The summed E-state index contributed by atoms with van der Waals surface area (Å²) in [5.41, 5.74) is 14.8. The first kappa shape index (κ1) is 29.2. The third kappa shape index (κ3) is 7.37. The normalized spacial score (nSPS) is 23.6. The highest BCUT2D eigenvalue weighted by Gasteiger charge is 2.31. The first-order chi connectivity index (χ1) is 17.9. The lowest BCUT2D eigenvalue weighted by atomic mass is 9.91. The van der Waals surface area contributed by atoms with Crippen molar-refractivity contribution >= 4 is 23.3 Å². The molecule has 1 aliphatic carbocycles. The maximum atomic E-state index is 12.2. The summed E-state index contributed by atoms with van der Waals surface area (Å²) in [7, 11) is 1.67. The Morgan fingerprint density at radius 2 is 1.84 bits per heavy atom. The molecule has 1 aromatic carbocycles. The Bertz CT molecular complexity index is 1100. The lowest BCUT2D eigenvalue weighted by Crippen LogP contribution is -2.49. The summed E-state index contributed by atoms with van der Waals surface area (Å²) in [5, 5.41) is 4.94. The number of rotatable bonds is 6. The minimum atomic E-state index is -0.516. The lowest BCUT2D eigenvalue weighted by Gasteiger charge is -2.37. The van der Waals surface area contributed by atoms with Crippen LogP contribution in [0.5, 0.6) is 0 Å². The molecule has 9 heteroatoms. The van der Waals surface area contributed by atoms with Crippen LogP contribution in [0.1, 0.15) is 71.4 Å². The molecule has 0 saturated heterocycles. The monoisotopic (exact) mass is 524 g/mol. The molecule has 38 heavy (non-hydrogen) atoms. The van der Waals surface area contributed by atoms with E-state index in [0.29, 0.717) is 5.84 Å². The molecule has 0 spiro atoms. The summed E-state index contributed by atoms with van der Waals surface area (Å²) in [5.74, 6) is 0.401. The fraction of sp³-hybridized carbons (Fsp3) is 0.552. The number of hydrogen-bond acceptors (Lipinski definition) is 7. The lowest BCUT2D eigenvalue weighted by molar-refractivity contribution is -0.0146. The van der Waals surface area contributed by atoms with Crippen molar-refractivity contribution in [1.82, 2.24) is 15.8 Å². The maximum Gasteiger partial charge on any atom is 0.407 e. The molecule has 3 rings (SSSR count). The van der Waals surface area contributed by atoms with Crippen LogP contribution in [-0.2, 0) is 9.47 Å². The molecule has 1 heterocycles. The van der Waals surface area contributed by atoms with Crippen LogP contribution >= 0.6 is 0 Å². The van der Waals surface area contributed by atoms with Gasteiger partial charge >= 0.3 is 6.09 Å². The van der Waals surface area contributed by atoms with E-state index >= 15 is 0 Å². The highest BCUT2D eigenvalue weighted by atomic mass is 16.6. The van der Waals surface area contributed by atoms with Crippen LogP contribution in [0.2, 0.25) is 0 Å². The second kappa shape index (κ2) is 12.5. The Morgan fingerprint density at radius 1 is 1.21 bits per heavy atom. The minimum absolute atomic E-state index is 0.0752. The number of amidine groups is 1. The van der Waals surface area contributed by atoms with Crippen molar-refractivity contribution in [2.75, 3.05) is 7.11 Å². The van der Waals surface area contributed by atoms with Crippen LogP contribution in [0.4, 0.5) is 10.5 Å². The molecule has 1 amide bonds. The zero-order valence-electron chi connectivity index (χ0n) is 24.1. The Labute approximate surface area is 227 Å². The Balaban J connectivity index is 1.87. The minimum Gasteiger partial charge on any atom is -0.444 e. The number of allylic oxidation sites excluding steroid dienone is 2. The quantitative estimate of drug-likeness (QED) is 0.350. The van der Waals surface area contributed by atoms with E-state index in [4.69, 9.17) is 25.2 Å². The summed E-state index contributed by atoms with van der Waals surface area (Å²) >= 11 is 0. The zero-order chi connectivity index (χ0) is 28.0. The van der Waals surface area contributed by atoms with Gasteiger partial charge in [0.05, 0.1) is 28.7 Å². The third-order valence-electron chi connectivity index (χ3n) is 6.76. The van der Waals surface area contributed by atoms with Gasteiger partial charge in [-0.1, -0.05) is 24.3 Å². The average molecular weight is 525 g/mol. The van der Waals surface area contributed by atoms with Crippen LogP contribution < -0.4 is 16.5 Å². The van der Waals surface area contributed by atoms with Gasteiger partial charge in [0.2, 0.25) is 0 Å². The molecule has 0 radical (unpaired) electrons. The maximum absolute atomic E-state index is 12.2. The fourth-order valence-electron chi connectivity index (χ4n) is 4.71. The molecule has 1 aromatic rings. The Hall–Kier alpha value is -3.33. The summed E-state index contributed by atoms with van der Waals surface area (Å²) in [4.78, 5) is 22.3. The molecule has 1 aliphatic heterocycles. The van der Waals surface area contributed by atoms with Crippen molar-refractivity contribution < 1.29 is 14.3 Å². The number of hydrazine groups is 1. The number of nitrogens with one attached hydrogen (secondary N) is 2. The molecule has 1 saturated carbocycles. The topological polar surface area (TPSA) is 114 Å². The van der Waals surface area contributed by atoms with Gasteiger partial charge in [0.25, 0.3) is 0 Å². The van der Waals surface area contributed by atoms with Crippen LogP contribution in [0.3, 0.4) is 0 Å². The van der Waals surface area contributed by atoms with Crippen LogP contribution in [0, 0.1) is 13.8 Å². The molecule has 2 aliphatic rings. The first-order valence-electron chi connectivity index (χ1n) is 13.4. The molecule has 9 nitrogen and oxygen atoms in total. The van der Waals surface area contributed by atoms with Gasteiger partial charge in [-0.05, 0) is 85.3 Å². The molecule has 1 atom stereocenters. The number of aliphatic imine (C=N–C) groups is 2. The average Bonchev–Trinajstić information content (AvgIpc) is 2.85. The second-order valence-electron chi connectivity index (χ2n) is 10.9. The standard InChI is InChI=1S/C29H44N6O3/c1-9-24-26(32-21-13-15-22(16-14-21)33-28(36)38-29(5,6)7)23(17-31-35(24)20(4)37-8)27(30)34-25-18(2)11-10-12-19(25)3/h9-12,17,20-22,31H,13-16H2,1-8H3,(H2,30,34)(H,33,36)/b24-9-,32-26?. The number of ether oxygens (including phenoxy) is 2. The van der Waals surface area contributed by atoms with Gasteiger partial charge < -0.3 is 25.9 Å². The number of amides is 1. The number of benzene rings is 1. The summed E-state index contributed by atoms with van der Waals surface area (Å²) < 4.78 is 11.0. The van der Waals surface area contributed by atoms with Gasteiger partial charge in [0.1, 0.15) is 17.7 Å². The molecule has 0 aromatic heterocycles. The largest absolute Gasteiger partial charge is 0.444 e. The predicted molar refractivity (Wildman–Crippen MR) is 153 cm³/mol. The van der Waals surface area contributed by atoms with Crippen LogP contribution in [0.25, 0.3) is 0 Å². The smallest absolute Gasteiger partial charge is 0.407 e. The molecule has 0 bridgehead atoms. The fourth-order valence-corrected chi connectivity index (χ4v) is 4.71.